The van der Waals surface area contributed by atoms with E-state index < -0.39 is 5.97 Å². The van der Waals surface area contributed by atoms with Crippen molar-refractivity contribution in [1.29, 1.82) is 0 Å². The molecule has 5 heteroatoms. The molecule has 0 atom stereocenters. The van der Waals surface area contributed by atoms with Crippen LogP contribution in [0.5, 0.6) is 0 Å². The summed E-state index contributed by atoms with van der Waals surface area (Å²) in [6.45, 7) is 5.59. The van der Waals surface area contributed by atoms with E-state index in [1.165, 1.54) is 11.3 Å². The van der Waals surface area contributed by atoms with Crippen molar-refractivity contribution in [3.8, 4) is 11.1 Å². The summed E-state index contributed by atoms with van der Waals surface area (Å²) in [5.74, 6) is -0.723. The highest BCUT2D eigenvalue weighted by Crippen LogP contribution is 2.29. The average Bonchev–Trinajstić information content (AvgIpc) is 3.17. The molecular formula is C23H23NO3S. The Balaban J connectivity index is 1.71. The SMILES string of the molecule is Cc1ccc(-c2ccsc2C(=O)OCC(=O)N(c2ccccc2)C(C)C)cc1. The Bertz CT molecular complexity index is 945. The number of para-hydroxylation sites is 1. The monoisotopic (exact) mass is 393 g/mol. The van der Waals surface area contributed by atoms with Crippen molar-refractivity contribution in [1.82, 2.24) is 0 Å². The summed E-state index contributed by atoms with van der Waals surface area (Å²) >= 11 is 1.32. The van der Waals surface area contributed by atoms with Gasteiger partial charge in [-0.05, 0) is 49.9 Å². The van der Waals surface area contributed by atoms with Gasteiger partial charge >= 0.3 is 5.97 Å². The number of rotatable bonds is 6. The van der Waals surface area contributed by atoms with Gasteiger partial charge in [-0.2, -0.15) is 0 Å². The maximum Gasteiger partial charge on any atom is 0.349 e. The lowest BCUT2D eigenvalue weighted by atomic mass is 10.1. The number of aryl methyl sites for hydroxylation is 1. The second-order valence-corrected chi connectivity index (χ2v) is 7.71. The summed E-state index contributed by atoms with van der Waals surface area (Å²) in [4.78, 5) is 27.5. The Morgan fingerprint density at radius 3 is 2.32 bits per heavy atom. The van der Waals surface area contributed by atoms with Crippen molar-refractivity contribution in [2.24, 2.45) is 0 Å². The summed E-state index contributed by atoms with van der Waals surface area (Å²) in [5, 5.41) is 1.86. The third-order valence-corrected chi connectivity index (χ3v) is 5.25. The molecule has 0 radical (unpaired) electrons. The van der Waals surface area contributed by atoms with Crippen molar-refractivity contribution in [2.75, 3.05) is 11.5 Å². The van der Waals surface area contributed by atoms with E-state index in [1.54, 1.807) is 4.90 Å². The van der Waals surface area contributed by atoms with E-state index in [2.05, 4.69) is 0 Å². The van der Waals surface area contributed by atoms with Gasteiger partial charge in [-0.25, -0.2) is 4.79 Å². The zero-order valence-electron chi connectivity index (χ0n) is 16.2. The molecule has 0 spiro atoms. The van der Waals surface area contributed by atoms with Gasteiger partial charge in [0.05, 0.1) is 0 Å². The Labute approximate surface area is 169 Å². The number of carbonyl (C=O) groups is 2. The zero-order chi connectivity index (χ0) is 20.1. The molecule has 0 saturated carbocycles. The van der Waals surface area contributed by atoms with Crippen LogP contribution in [0.25, 0.3) is 11.1 Å². The van der Waals surface area contributed by atoms with E-state index in [1.807, 2.05) is 86.8 Å². The summed E-state index contributed by atoms with van der Waals surface area (Å²) in [7, 11) is 0. The molecule has 1 amide bonds. The van der Waals surface area contributed by atoms with Gasteiger partial charge < -0.3 is 9.64 Å². The molecule has 3 rings (SSSR count). The molecule has 0 aliphatic rings. The Hall–Kier alpha value is -2.92. The predicted molar refractivity (Wildman–Crippen MR) is 114 cm³/mol. The normalized spacial score (nSPS) is 10.7. The highest BCUT2D eigenvalue weighted by atomic mass is 32.1. The third-order valence-electron chi connectivity index (χ3n) is 4.36. The quantitative estimate of drug-likeness (QED) is 0.532. The van der Waals surface area contributed by atoms with Crippen LogP contribution >= 0.6 is 11.3 Å². The third kappa shape index (κ3) is 4.49. The number of anilines is 1. The number of hydrogen-bond donors (Lipinski definition) is 0. The maximum atomic E-state index is 12.7. The Morgan fingerprint density at radius 2 is 1.68 bits per heavy atom. The number of nitrogens with zero attached hydrogens (tertiary/aromatic N) is 1. The highest BCUT2D eigenvalue weighted by Gasteiger charge is 2.22. The number of hydrogen-bond acceptors (Lipinski definition) is 4. The molecule has 0 saturated heterocycles. The molecule has 1 aromatic heterocycles. The fourth-order valence-corrected chi connectivity index (χ4v) is 3.82. The average molecular weight is 394 g/mol. The smallest absolute Gasteiger partial charge is 0.349 e. The molecular weight excluding hydrogens is 370 g/mol. The minimum atomic E-state index is -0.476. The van der Waals surface area contributed by atoms with Gasteiger partial charge in [0.25, 0.3) is 5.91 Å². The van der Waals surface area contributed by atoms with Crippen molar-refractivity contribution >= 4 is 28.9 Å². The molecule has 4 nitrogen and oxygen atoms in total. The Morgan fingerprint density at radius 1 is 1.00 bits per heavy atom. The van der Waals surface area contributed by atoms with E-state index in [0.717, 1.165) is 22.4 Å². The summed E-state index contributed by atoms with van der Waals surface area (Å²) in [6, 6.07) is 19.2. The van der Waals surface area contributed by atoms with Gasteiger partial charge in [0.2, 0.25) is 0 Å². The molecule has 0 fully saturated rings. The lowest BCUT2D eigenvalue weighted by molar-refractivity contribution is -0.122. The van der Waals surface area contributed by atoms with E-state index in [9.17, 15) is 9.59 Å². The van der Waals surface area contributed by atoms with Gasteiger partial charge in [0.15, 0.2) is 6.61 Å². The minimum Gasteiger partial charge on any atom is -0.451 e. The first-order valence-electron chi connectivity index (χ1n) is 9.16. The van der Waals surface area contributed by atoms with Gasteiger partial charge in [0, 0.05) is 17.3 Å². The van der Waals surface area contributed by atoms with Crippen LogP contribution in [0.3, 0.4) is 0 Å². The molecule has 144 valence electrons. The maximum absolute atomic E-state index is 12.7. The molecule has 0 unspecified atom stereocenters. The van der Waals surface area contributed by atoms with Crippen LogP contribution in [0.15, 0.2) is 66.0 Å². The second kappa shape index (κ2) is 8.85. The summed E-state index contributed by atoms with van der Waals surface area (Å²) in [5.41, 5.74) is 3.72. The van der Waals surface area contributed by atoms with E-state index in [4.69, 9.17) is 4.74 Å². The molecule has 1 heterocycles. The van der Waals surface area contributed by atoms with Crippen LogP contribution in [0, 0.1) is 6.92 Å². The van der Waals surface area contributed by atoms with Crippen LogP contribution in [-0.2, 0) is 9.53 Å². The van der Waals surface area contributed by atoms with Crippen LogP contribution in [0.2, 0.25) is 0 Å². The van der Waals surface area contributed by atoms with Crippen LogP contribution < -0.4 is 4.90 Å². The molecule has 0 N–H and O–H groups in total. The van der Waals surface area contributed by atoms with Gasteiger partial charge in [-0.15, -0.1) is 11.3 Å². The molecule has 2 aromatic carbocycles. The second-order valence-electron chi connectivity index (χ2n) is 6.80. The van der Waals surface area contributed by atoms with Crippen LogP contribution in [0.1, 0.15) is 29.1 Å². The van der Waals surface area contributed by atoms with Gasteiger partial charge in [0.1, 0.15) is 4.88 Å². The number of benzene rings is 2. The van der Waals surface area contributed by atoms with Crippen molar-refractivity contribution in [2.45, 2.75) is 26.8 Å². The number of carbonyl (C=O) groups excluding carboxylic acids is 2. The molecule has 3 aromatic rings. The Kier molecular flexibility index (Phi) is 6.26. The van der Waals surface area contributed by atoms with E-state index in [-0.39, 0.29) is 18.6 Å². The number of amides is 1. The number of ether oxygens (including phenoxy) is 1. The molecule has 28 heavy (non-hydrogen) atoms. The largest absolute Gasteiger partial charge is 0.451 e. The van der Waals surface area contributed by atoms with Crippen LogP contribution in [-0.4, -0.2) is 24.5 Å². The fraction of sp³-hybridized carbons (Fsp3) is 0.217. The topological polar surface area (TPSA) is 46.6 Å². The van der Waals surface area contributed by atoms with Gasteiger partial charge in [-0.3, -0.25) is 4.79 Å². The first kappa shape index (κ1) is 19.8. The predicted octanol–water partition coefficient (Wildman–Crippen LogP) is 5.32. The summed E-state index contributed by atoms with van der Waals surface area (Å²) in [6.07, 6.45) is 0. The zero-order valence-corrected chi connectivity index (χ0v) is 17.0. The lowest BCUT2D eigenvalue weighted by Crippen LogP contribution is -2.39. The van der Waals surface area contributed by atoms with Crippen molar-refractivity contribution < 1.29 is 14.3 Å². The summed E-state index contributed by atoms with van der Waals surface area (Å²) < 4.78 is 5.37. The van der Waals surface area contributed by atoms with E-state index >= 15 is 0 Å². The standard InChI is InChI=1S/C23H23NO3S/c1-16(2)24(19-7-5-4-6-8-19)21(25)15-27-23(26)22-20(13-14-28-22)18-11-9-17(3)10-12-18/h4-14,16H,15H2,1-3H3. The first-order valence-corrected chi connectivity index (χ1v) is 10.0. The van der Waals surface area contributed by atoms with Gasteiger partial charge in [-0.1, -0.05) is 48.0 Å². The molecule has 0 aliphatic carbocycles. The minimum absolute atomic E-state index is 0.0431. The lowest BCUT2D eigenvalue weighted by Gasteiger charge is -2.26. The van der Waals surface area contributed by atoms with Crippen LogP contribution in [0.4, 0.5) is 5.69 Å². The highest BCUT2D eigenvalue weighted by molar-refractivity contribution is 7.12. The molecule has 0 aliphatic heterocycles. The number of thiophene rings is 1. The molecule has 0 bridgehead atoms. The number of esters is 1. The van der Waals surface area contributed by atoms with Crippen molar-refractivity contribution in [3.05, 3.63) is 76.5 Å². The first-order chi connectivity index (χ1) is 13.5. The van der Waals surface area contributed by atoms with E-state index in [0.29, 0.717) is 4.88 Å². The fourth-order valence-electron chi connectivity index (χ4n) is 3.01. The van der Waals surface area contributed by atoms with Crippen molar-refractivity contribution in [3.63, 3.8) is 0 Å².